The van der Waals surface area contributed by atoms with Gasteiger partial charge in [0.15, 0.2) is 11.5 Å². The van der Waals surface area contributed by atoms with Crippen LogP contribution in [0.15, 0.2) is 24.4 Å². The lowest BCUT2D eigenvalue weighted by Gasteiger charge is -2.00. The fourth-order valence-corrected chi connectivity index (χ4v) is 1.87. The van der Waals surface area contributed by atoms with Crippen LogP contribution in [0.1, 0.15) is 6.92 Å². The van der Waals surface area contributed by atoms with E-state index in [9.17, 15) is 0 Å². The number of benzene rings is 1. The molecule has 0 unspecified atom stereocenters. The first-order valence-corrected chi connectivity index (χ1v) is 5.51. The van der Waals surface area contributed by atoms with Crippen LogP contribution in [-0.4, -0.2) is 16.6 Å². The first-order chi connectivity index (χ1) is 8.28. The van der Waals surface area contributed by atoms with Gasteiger partial charge >= 0.3 is 0 Å². The molecular weight excluding hydrogens is 218 g/mol. The molecule has 0 saturated heterocycles. The van der Waals surface area contributed by atoms with Crippen LogP contribution in [0.5, 0.6) is 11.5 Å². The molecule has 88 valence electrons. The molecule has 0 atom stereocenters. The van der Waals surface area contributed by atoms with E-state index in [1.54, 1.807) is 0 Å². The average Bonchev–Trinajstić information content (AvgIpc) is 2.93. The molecule has 5 heteroatoms. The minimum absolute atomic E-state index is 0.275. The summed E-state index contributed by atoms with van der Waals surface area (Å²) >= 11 is 0. The number of nitrogens with two attached hydrogens (primary N) is 1. The van der Waals surface area contributed by atoms with Crippen molar-refractivity contribution < 1.29 is 9.47 Å². The third-order valence-electron chi connectivity index (χ3n) is 2.76. The van der Waals surface area contributed by atoms with Crippen molar-refractivity contribution in [3.63, 3.8) is 0 Å². The molecule has 2 aromatic rings. The predicted octanol–water partition coefficient (Wildman–Crippen LogP) is 1.88. The third kappa shape index (κ3) is 1.60. The fourth-order valence-electron chi connectivity index (χ4n) is 1.87. The Kier molecular flexibility index (Phi) is 2.18. The quantitative estimate of drug-likeness (QED) is 0.857. The molecule has 0 bridgehead atoms. The monoisotopic (exact) mass is 231 g/mol. The van der Waals surface area contributed by atoms with E-state index in [2.05, 4.69) is 5.10 Å². The molecule has 0 fully saturated rings. The molecule has 1 aromatic carbocycles. The van der Waals surface area contributed by atoms with Gasteiger partial charge in [-0.15, -0.1) is 0 Å². The Bertz CT molecular complexity index is 563. The smallest absolute Gasteiger partial charge is 0.231 e. The molecule has 0 aliphatic carbocycles. The van der Waals surface area contributed by atoms with Crippen molar-refractivity contribution in [2.75, 3.05) is 12.5 Å². The number of hydrogen-bond acceptors (Lipinski definition) is 4. The van der Waals surface area contributed by atoms with Gasteiger partial charge in [-0.25, -0.2) is 0 Å². The molecule has 1 aliphatic heterocycles. The van der Waals surface area contributed by atoms with Gasteiger partial charge in [-0.3, -0.25) is 4.68 Å². The average molecular weight is 231 g/mol. The standard InChI is InChI=1S/C12H13N3O2/c1-2-15-6-9(13)12(14-15)8-3-4-10-11(5-8)17-7-16-10/h3-6H,2,7,13H2,1H3. The highest BCUT2D eigenvalue weighted by atomic mass is 16.7. The van der Waals surface area contributed by atoms with Crippen molar-refractivity contribution in [1.29, 1.82) is 0 Å². The van der Waals surface area contributed by atoms with E-state index in [1.165, 1.54) is 0 Å². The highest BCUT2D eigenvalue weighted by Crippen LogP contribution is 2.36. The van der Waals surface area contributed by atoms with Crippen LogP contribution in [0.4, 0.5) is 5.69 Å². The highest BCUT2D eigenvalue weighted by Gasteiger charge is 2.16. The number of ether oxygens (including phenoxy) is 2. The van der Waals surface area contributed by atoms with E-state index in [1.807, 2.05) is 36.0 Å². The zero-order valence-electron chi connectivity index (χ0n) is 9.51. The summed E-state index contributed by atoms with van der Waals surface area (Å²) in [6.07, 6.45) is 1.83. The van der Waals surface area contributed by atoms with Crippen LogP contribution < -0.4 is 15.2 Å². The molecule has 2 heterocycles. The van der Waals surface area contributed by atoms with E-state index in [-0.39, 0.29) is 6.79 Å². The molecular formula is C12H13N3O2. The van der Waals surface area contributed by atoms with Crippen molar-refractivity contribution in [3.05, 3.63) is 24.4 Å². The van der Waals surface area contributed by atoms with Crippen LogP contribution in [-0.2, 0) is 6.54 Å². The van der Waals surface area contributed by atoms with Crippen LogP contribution >= 0.6 is 0 Å². The predicted molar refractivity (Wildman–Crippen MR) is 63.9 cm³/mol. The maximum atomic E-state index is 5.94. The summed E-state index contributed by atoms with van der Waals surface area (Å²) in [6, 6.07) is 5.72. The Hall–Kier alpha value is -2.17. The molecule has 0 amide bonds. The van der Waals surface area contributed by atoms with Crippen LogP contribution in [0, 0.1) is 0 Å². The summed E-state index contributed by atoms with van der Waals surface area (Å²) in [5.41, 5.74) is 8.34. The maximum Gasteiger partial charge on any atom is 0.231 e. The van der Waals surface area contributed by atoms with Crippen molar-refractivity contribution in [3.8, 4) is 22.8 Å². The Morgan fingerprint density at radius 3 is 2.94 bits per heavy atom. The summed E-state index contributed by atoms with van der Waals surface area (Å²) in [5, 5.41) is 4.42. The number of rotatable bonds is 2. The second-order valence-electron chi connectivity index (χ2n) is 3.86. The van der Waals surface area contributed by atoms with Gasteiger partial charge in [-0.1, -0.05) is 0 Å². The summed E-state index contributed by atoms with van der Waals surface area (Å²) in [7, 11) is 0. The van der Waals surface area contributed by atoms with E-state index < -0.39 is 0 Å². The number of nitrogens with zero attached hydrogens (tertiary/aromatic N) is 2. The lowest BCUT2D eigenvalue weighted by Crippen LogP contribution is -1.94. The van der Waals surface area contributed by atoms with E-state index in [0.717, 1.165) is 29.3 Å². The van der Waals surface area contributed by atoms with Gasteiger partial charge in [0.05, 0.1) is 5.69 Å². The van der Waals surface area contributed by atoms with Crippen LogP contribution in [0.25, 0.3) is 11.3 Å². The number of anilines is 1. The van der Waals surface area contributed by atoms with E-state index in [0.29, 0.717) is 5.69 Å². The third-order valence-corrected chi connectivity index (χ3v) is 2.76. The molecule has 1 aromatic heterocycles. The minimum atomic E-state index is 0.275. The van der Waals surface area contributed by atoms with Crippen LogP contribution in [0.2, 0.25) is 0 Å². The second kappa shape index (κ2) is 3.69. The normalized spacial score (nSPS) is 13.0. The molecule has 17 heavy (non-hydrogen) atoms. The lowest BCUT2D eigenvalue weighted by molar-refractivity contribution is 0.174. The highest BCUT2D eigenvalue weighted by molar-refractivity contribution is 5.74. The lowest BCUT2D eigenvalue weighted by atomic mass is 10.1. The second-order valence-corrected chi connectivity index (χ2v) is 3.86. The topological polar surface area (TPSA) is 62.3 Å². The number of nitrogen functional groups attached to an aromatic ring is 1. The fraction of sp³-hybridized carbons (Fsp3) is 0.250. The first kappa shape index (κ1) is 10.0. The molecule has 5 nitrogen and oxygen atoms in total. The Morgan fingerprint density at radius 2 is 2.18 bits per heavy atom. The van der Waals surface area contributed by atoms with Crippen molar-refractivity contribution >= 4 is 5.69 Å². The molecule has 3 rings (SSSR count). The minimum Gasteiger partial charge on any atom is -0.454 e. The Labute approximate surface area is 98.8 Å². The SMILES string of the molecule is CCn1cc(N)c(-c2ccc3c(c2)OCO3)n1. The zero-order chi connectivity index (χ0) is 11.8. The van der Waals surface area contributed by atoms with Crippen molar-refractivity contribution in [1.82, 2.24) is 9.78 Å². The largest absolute Gasteiger partial charge is 0.454 e. The summed E-state index contributed by atoms with van der Waals surface area (Å²) in [4.78, 5) is 0. The van der Waals surface area contributed by atoms with Crippen molar-refractivity contribution in [2.24, 2.45) is 0 Å². The number of aryl methyl sites for hydroxylation is 1. The Balaban J connectivity index is 2.06. The van der Waals surface area contributed by atoms with Crippen molar-refractivity contribution in [2.45, 2.75) is 13.5 Å². The van der Waals surface area contributed by atoms with Gasteiger partial charge in [0, 0.05) is 18.3 Å². The van der Waals surface area contributed by atoms with Gasteiger partial charge in [0.2, 0.25) is 6.79 Å². The number of fused-ring (bicyclic) bond motifs is 1. The van der Waals surface area contributed by atoms with Crippen LogP contribution in [0.3, 0.4) is 0 Å². The van der Waals surface area contributed by atoms with Gasteiger partial charge in [-0.05, 0) is 25.1 Å². The maximum absolute atomic E-state index is 5.94. The molecule has 0 saturated carbocycles. The number of aromatic nitrogens is 2. The number of hydrogen-bond donors (Lipinski definition) is 1. The van der Waals surface area contributed by atoms with E-state index in [4.69, 9.17) is 15.2 Å². The van der Waals surface area contributed by atoms with Gasteiger partial charge in [0.1, 0.15) is 5.69 Å². The van der Waals surface area contributed by atoms with Gasteiger partial charge in [-0.2, -0.15) is 5.10 Å². The summed E-state index contributed by atoms with van der Waals surface area (Å²) < 4.78 is 12.4. The Morgan fingerprint density at radius 1 is 1.35 bits per heavy atom. The molecule has 0 spiro atoms. The molecule has 2 N–H and O–H groups in total. The van der Waals surface area contributed by atoms with Gasteiger partial charge in [0.25, 0.3) is 0 Å². The zero-order valence-corrected chi connectivity index (χ0v) is 9.51. The molecule has 1 aliphatic rings. The first-order valence-electron chi connectivity index (χ1n) is 5.51. The summed E-state index contributed by atoms with van der Waals surface area (Å²) in [5.74, 6) is 1.51. The molecule has 0 radical (unpaired) electrons. The summed E-state index contributed by atoms with van der Waals surface area (Å²) in [6.45, 7) is 3.10. The van der Waals surface area contributed by atoms with E-state index >= 15 is 0 Å². The van der Waals surface area contributed by atoms with Gasteiger partial charge < -0.3 is 15.2 Å².